The molecule has 1 aliphatic rings. The molecule has 0 spiro atoms. The third kappa shape index (κ3) is 4.69. The Morgan fingerprint density at radius 1 is 1.29 bits per heavy atom. The van der Waals surface area contributed by atoms with Gasteiger partial charge in [0.05, 0.1) is 36.0 Å². The van der Waals surface area contributed by atoms with E-state index < -0.39 is 29.1 Å². The number of hydrogen-bond donors (Lipinski definition) is 2. The Morgan fingerprint density at radius 3 is 2.62 bits per heavy atom. The topological polar surface area (TPSA) is 111 Å². The number of alkyl halides is 3. The van der Waals surface area contributed by atoms with E-state index in [1.807, 2.05) is 0 Å². The minimum atomic E-state index is -4.60. The lowest BCUT2D eigenvalue weighted by Crippen LogP contribution is -2.36. The number of amides is 1. The molecule has 2 atom stereocenters. The number of non-ortho nitro benzene ring substituents is 1. The van der Waals surface area contributed by atoms with Crippen molar-refractivity contribution in [2.45, 2.75) is 24.7 Å². The predicted molar refractivity (Wildman–Crippen MR) is 120 cm³/mol. The van der Waals surface area contributed by atoms with E-state index >= 15 is 0 Å². The summed E-state index contributed by atoms with van der Waals surface area (Å²) in [6.07, 6.45) is -3.88. The van der Waals surface area contributed by atoms with Crippen molar-refractivity contribution in [3.63, 3.8) is 0 Å². The first kappa shape index (κ1) is 23.5. The highest BCUT2D eigenvalue weighted by molar-refractivity contribution is 9.10. The number of halogens is 4. The number of hydrogen-bond acceptors (Lipinski definition) is 6. The molecule has 0 fully saturated rings. The lowest BCUT2D eigenvalue weighted by molar-refractivity contribution is -0.384. The lowest BCUT2D eigenvalue weighted by Gasteiger charge is -2.34. The van der Waals surface area contributed by atoms with Crippen molar-refractivity contribution < 1.29 is 27.6 Å². The number of rotatable bonds is 5. The van der Waals surface area contributed by atoms with Crippen LogP contribution in [0.25, 0.3) is 0 Å². The number of benzene rings is 2. The third-order valence-electron chi connectivity index (χ3n) is 5.35. The van der Waals surface area contributed by atoms with Crippen molar-refractivity contribution in [1.82, 2.24) is 9.78 Å². The molecule has 0 aliphatic carbocycles. The summed E-state index contributed by atoms with van der Waals surface area (Å²) in [6, 6.07) is 7.79. The normalized spacial score (nSPS) is 17.4. The maximum atomic E-state index is 13.9. The Labute approximate surface area is 199 Å². The van der Waals surface area contributed by atoms with Crippen molar-refractivity contribution in [3.8, 4) is 5.75 Å². The number of ether oxygens (including phenoxy) is 1. The van der Waals surface area contributed by atoms with Gasteiger partial charge >= 0.3 is 6.18 Å². The van der Waals surface area contributed by atoms with Crippen molar-refractivity contribution in [2.24, 2.45) is 0 Å². The molecule has 2 heterocycles. The number of nitro groups is 1. The number of aromatic nitrogens is 2. The molecule has 2 N–H and O–H groups in total. The molecule has 2 unspecified atom stereocenters. The molecule has 4 rings (SSSR count). The van der Waals surface area contributed by atoms with Crippen LogP contribution < -0.4 is 15.4 Å². The number of nitro benzene ring substituents is 1. The standard InChI is InChI=1S/C21H17BrF3N5O4/c1-34-15-7-13(6-14(8-15)30(32)33)27-20(31)16-10-26-29-18(21(23,24)25)9-17(28-19(16)29)11-2-4-12(22)5-3-11/h2-8,10,17-18,28H,9H2,1H3,(H,27,31). The minimum Gasteiger partial charge on any atom is -0.496 e. The number of fused-ring (bicyclic) bond motifs is 1. The van der Waals surface area contributed by atoms with Crippen molar-refractivity contribution in [1.29, 1.82) is 0 Å². The Morgan fingerprint density at radius 2 is 2.00 bits per heavy atom. The molecular weight excluding hydrogens is 523 g/mol. The van der Waals surface area contributed by atoms with Gasteiger partial charge in [0, 0.05) is 23.0 Å². The largest absolute Gasteiger partial charge is 0.496 e. The molecule has 3 aromatic rings. The molecule has 1 amide bonds. The molecule has 0 radical (unpaired) electrons. The van der Waals surface area contributed by atoms with Crippen LogP contribution in [0.1, 0.15) is 34.4 Å². The summed E-state index contributed by atoms with van der Waals surface area (Å²) >= 11 is 3.30. The maximum Gasteiger partial charge on any atom is 0.410 e. The van der Waals surface area contributed by atoms with Crippen LogP contribution in [0.3, 0.4) is 0 Å². The molecule has 1 aromatic heterocycles. The first-order valence-corrected chi connectivity index (χ1v) is 10.7. The van der Waals surface area contributed by atoms with Crippen LogP contribution in [0.5, 0.6) is 5.75 Å². The summed E-state index contributed by atoms with van der Waals surface area (Å²) in [5.41, 5.74) is 0.196. The maximum absolute atomic E-state index is 13.9. The van der Waals surface area contributed by atoms with Gasteiger partial charge in [-0.2, -0.15) is 18.3 Å². The molecule has 2 aromatic carbocycles. The van der Waals surface area contributed by atoms with E-state index in [-0.39, 0.29) is 34.9 Å². The molecule has 0 saturated heterocycles. The van der Waals surface area contributed by atoms with Crippen LogP contribution in [-0.2, 0) is 0 Å². The fraction of sp³-hybridized carbons (Fsp3) is 0.238. The number of nitrogens with zero attached hydrogens (tertiary/aromatic N) is 3. The van der Waals surface area contributed by atoms with Crippen LogP contribution in [0.2, 0.25) is 0 Å². The number of nitrogens with one attached hydrogen (secondary N) is 2. The molecule has 0 saturated carbocycles. The van der Waals surface area contributed by atoms with Gasteiger partial charge in [-0.3, -0.25) is 14.9 Å². The highest BCUT2D eigenvalue weighted by Gasteiger charge is 2.47. The van der Waals surface area contributed by atoms with Gasteiger partial charge in [-0.1, -0.05) is 28.1 Å². The second-order valence-corrected chi connectivity index (χ2v) is 8.44. The Bertz CT molecular complexity index is 1250. The SMILES string of the molecule is COc1cc(NC(=O)c2cnn3c2NC(c2ccc(Br)cc2)CC3C(F)(F)F)cc([N+](=O)[O-])c1. The van der Waals surface area contributed by atoms with Crippen LogP contribution in [0.4, 0.5) is 30.4 Å². The van der Waals surface area contributed by atoms with Crippen LogP contribution in [-0.4, -0.2) is 33.9 Å². The Balaban J connectivity index is 1.69. The average molecular weight is 540 g/mol. The Hall–Kier alpha value is -3.61. The molecular formula is C21H17BrF3N5O4. The summed E-state index contributed by atoms with van der Waals surface area (Å²) in [6.45, 7) is 0. The molecule has 0 bridgehead atoms. The van der Waals surface area contributed by atoms with E-state index in [0.29, 0.717) is 5.56 Å². The monoisotopic (exact) mass is 539 g/mol. The quantitative estimate of drug-likeness (QED) is 0.328. The van der Waals surface area contributed by atoms with Gasteiger partial charge in [-0.15, -0.1) is 0 Å². The van der Waals surface area contributed by atoms with Gasteiger partial charge < -0.3 is 15.4 Å². The molecule has 1 aliphatic heterocycles. The molecule has 13 heteroatoms. The first-order valence-electron chi connectivity index (χ1n) is 9.88. The van der Waals surface area contributed by atoms with Gasteiger partial charge in [0.2, 0.25) is 0 Å². The zero-order valence-corrected chi connectivity index (χ0v) is 19.1. The summed E-state index contributed by atoms with van der Waals surface area (Å²) < 4.78 is 48.1. The number of carbonyl (C=O) groups excluding carboxylic acids is 1. The summed E-state index contributed by atoms with van der Waals surface area (Å²) in [5.74, 6) is -0.753. The predicted octanol–water partition coefficient (Wildman–Crippen LogP) is 5.48. The molecule has 9 nitrogen and oxygen atoms in total. The van der Waals surface area contributed by atoms with E-state index in [1.54, 1.807) is 24.3 Å². The van der Waals surface area contributed by atoms with Gasteiger partial charge in [-0.25, -0.2) is 4.68 Å². The summed E-state index contributed by atoms with van der Waals surface area (Å²) in [4.78, 5) is 23.5. The molecule has 178 valence electrons. The summed E-state index contributed by atoms with van der Waals surface area (Å²) in [7, 11) is 1.31. The zero-order chi connectivity index (χ0) is 24.6. The van der Waals surface area contributed by atoms with E-state index in [2.05, 4.69) is 31.7 Å². The van der Waals surface area contributed by atoms with Gasteiger partial charge in [-0.05, 0) is 17.7 Å². The van der Waals surface area contributed by atoms with Crippen LogP contribution in [0.15, 0.2) is 53.1 Å². The van der Waals surface area contributed by atoms with Crippen molar-refractivity contribution >= 4 is 39.0 Å². The van der Waals surface area contributed by atoms with Gasteiger partial charge in [0.25, 0.3) is 11.6 Å². The minimum absolute atomic E-state index is 0.0450. The highest BCUT2D eigenvalue weighted by atomic mass is 79.9. The lowest BCUT2D eigenvalue weighted by atomic mass is 9.96. The van der Waals surface area contributed by atoms with Crippen molar-refractivity contribution in [3.05, 3.63) is 74.4 Å². The van der Waals surface area contributed by atoms with E-state index in [4.69, 9.17) is 4.74 Å². The van der Waals surface area contributed by atoms with E-state index in [9.17, 15) is 28.1 Å². The average Bonchev–Trinajstić information content (AvgIpc) is 3.22. The highest BCUT2D eigenvalue weighted by Crippen LogP contribution is 2.44. The Kier molecular flexibility index (Phi) is 6.21. The summed E-state index contributed by atoms with van der Waals surface area (Å²) in [5, 5.41) is 20.4. The smallest absolute Gasteiger partial charge is 0.410 e. The first-order chi connectivity index (χ1) is 16.1. The van der Waals surface area contributed by atoms with Crippen LogP contribution in [0, 0.1) is 10.1 Å². The zero-order valence-electron chi connectivity index (χ0n) is 17.5. The number of anilines is 2. The second-order valence-electron chi connectivity index (χ2n) is 7.52. The van der Waals surface area contributed by atoms with Gasteiger partial charge in [0.15, 0.2) is 6.04 Å². The second kappa shape index (κ2) is 8.97. The number of carbonyl (C=O) groups is 1. The van der Waals surface area contributed by atoms with Gasteiger partial charge in [0.1, 0.15) is 17.1 Å². The van der Waals surface area contributed by atoms with Crippen LogP contribution >= 0.6 is 15.9 Å². The van der Waals surface area contributed by atoms with E-state index in [1.165, 1.54) is 19.2 Å². The fourth-order valence-corrected chi connectivity index (χ4v) is 3.98. The molecule has 34 heavy (non-hydrogen) atoms. The third-order valence-corrected chi connectivity index (χ3v) is 5.88. The fourth-order valence-electron chi connectivity index (χ4n) is 3.72. The number of methoxy groups -OCH3 is 1. The van der Waals surface area contributed by atoms with Crippen molar-refractivity contribution in [2.75, 3.05) is 17.7 Å². The van der Waals surface area contributed by atoms with E-state index in [0.717, 1.165) is 21.4 Å².